The van der Waals surface area contributed by atoms with Gasteiger partial charge in [-0.05, 0) is 73.9 Å². The molecule has 4 N–H and O–H groups in total. The van der Waals surface area contributed by atoms with Crippen LogP contribution >= 0.6 is 11.6 Å². The maximum absolute atomic E-state index is 13.6. The van der Waals surface area contributed by atoms with Crippen LogP contribution in [0, 0.1) is 18.3 Å². The number of amides is 2. The third-order valence-corrected chi connectivity index (χ3v) is 8.68. The zero-order valence-corrected chi connectivity index (χ0v) is 27.6. The third kappa shape index (κ3) is 9.53. The molecule has 5 rings (SSSR count). The molecule has 2 atom stereocenters. The first-order valence-corrected chi connectivity index (χ1v) is 16.3. The summed E-state index contributed by atoms with van der Waals surface area (Å²) < 4.78 is 6.14. The van der Waals surface area contributed by atoms with Crippen molar-refractivity contribution in [2.45, 2.75) is 38.9 Å². The molecule has 3 aromatic carbocycles. The van der Waals surface area contributed by atoms with Crippen molar-refractivity contribution in [3.63, 3.8) is 0 Å². The molecule has 2 unspecified atom stereocenters. The Hall–Kier alpha value is -4.46. The molecule has 4 aromatic rings. The molecule has 0 bridgehead atoms. The Kier molecular flexibility index (Phi) is 11.8. The van der Waals surface area contributed by atoms with Crippen LogP contribution in [0.15, 0.2) is 83.3 Å². The molecule has 2 amide bonds. The second-order valence-corrected chi connectivity index (χ2v) is 12.3. The van der Waals surface area contributed by atoms with Gasteiger partial charge >= 0.3 is 0 Å². The van der Waals surface area contributed by atoms with Crippen molar-refractivity contribution < 1.29 is 14.0 Å². The molecule has 0 aliphatic carbocycles. The molecular formula is C37H41ClN6O3. The van der Waals surface area contributed by atoms with Crippen LogP contribution in [0.3, 0.4) is 0 Å². The molecule has 0 saturated carbocycles. The standard InChI is InChI=1S/C37H41ClN6O3/c1-25-3-9-29(10-4-25)26(2)42-23-32-12-14-35(47-32)30-11-13-34(38)33(20-30)37(46)43-31(19-27-5-7-28(21-39)8-6-27)22-41-24-36(45)44-17-15-40-16-18-44/h3-14,20,26,31,40-42H,15-19,22-24H2,1-2H3,(H,43,46). The average Bonchev–Trinajstić information content (AvgIpc) is 3.57. The molecule has 1 saturated heterocycles. The molecule has 10 heteroatoms. The molecule has 1 aromatic heterocycles. The van der Waals surface area contributed by atoms with Gasteiger partial charge in [0.05, 0.1) is 35.3 Å². The second kappa shape index (κ2) is 16.4. The fourth-order valence-corrected chi connectivity index (χ4v) is 5.73. The molecule has 47 heavy (non-hydrogen) atoms. The molecule has 0 spiro atoms. The van der Waals surface area contributed by atoms with E-state index in [0.717, 1.165) is 30.0 Å². The van der Waals surface area contributed by atoms with Crippen molar-refractivity contribution in [1.29, 1.82) is 5.26 Å². The van der Waals surface area contributed by atoms with Crippen LogP contribution in [0.5, 0.6) is 0 Å². The van der Waals surface area contributed by atoms with E-state index in [1.807, 2.05) is 35.2 Å². The smallest absolute Gasteiger partial charge is 0.253 e. The van der Waals surface area contributed by atoms with Gasteiger partial charge in [0.1, 0.15) is 11.5 Å². The van der Waals surface area contributed by atoms with Gasteiger partial charge < -0.3 is 30.6 Å². The lowest BCUT2D eigenvalue weighted by atomic mass is 10.0. The Labute approximate surface area is 281 Å². The summed E-state index contributed by atoms with van der Waals surface area (Å²) in [6.45, 7) is 8.22. The van der Waals surface area contributed by atoms with Gasteiger partial charge in [-0.2, -0.15) is 5.26 Å². The first-order chi connectivity index (χ1) is 22.8. The van der Waals surface area contributed by atoms with Crippen molar-refractivity contribution in [2.75, 3.05) is 39.3 Å². The van der Waals surface area contributed by atoms with Gasteiger partial charge in [0.25, 0.3) is 5.91 Å². The minimum absolute atomic E-state index is 0.0309. The number of hydrogen-bond donors (Lipinski definition) is 4. The van der Waals surface area contributed by atoms with E-state index >= 15 is 0 Å². The number of hydrogen-bond acceptors (Lipinski definition) is 7. The van der Waals surface area contributed by atoms with Gasteiger partial charge in [-0.25, -0.2) is 0 Å². The zero-order valence-electron chi connectivity index (χ0n) is 26.8. The molecule has 244 valence electrons. The van der Waals surface area contributed by atoms with Gasteiger partial charge in [-0.3, -0.25) is 9.59 Å². The van der Waals surface area contributed by atoms with Crippen LogP contribution in [0.1, 0.15) is 51.3 Å². The normalized spacial score (nSPS) is 14.3. The maximum atomic E-state index is 13.6. The number of nitrogens with zero attached hydrogens (tertiary/aromatic N) is 2. The highest BCUT2D eigenvalue weighted by molar-refractivity contribution is 6.34. The summed E-state index contributed by atoms with van der Waals surface area (Å²) in [5.74, 6) is 1.12. The second-order valence-electron chi connectivity index (χ2n) is 11.9. The molecule has 9 nitrogen and oxygen atoms in total. The first-order valence-electron chi connectivity index (χ1n) is 16.0. The number of nitriles is 1. The molecule has 1 aliphatic rings. The van der Waals surface area contributed by atoms with Gasteiger partial charge in [-0.15, -0.1) is 0 Å². The number of aryl methyl sites for hydroxylation is 1. The molecule has 1 fully saturated rings. The highest BCUT2D eigenvalue weighted by atomic mass is 35.5. The summed E-state index contributed by atoms with van der Waals surface area (Å²) in [6.07, 6.45) is 0.499. The van der Waals surface area contributed by atoms with Crippen molar-refractivity contribution in [2.24, 2.45) is 0 Å². The van der Waals surface area contributed by atoms with Crippen molar-refractivity contribution in [3.05, 3.63) is 117 Å². The van der Waals surface area contributed by atoms with E-state index < -0.39 is 0 Å². The maximum Gasteiger partial charge on any atom is 0.253 e. The Morgan fingerprint density at radius 2 is 1.77 bits per heavy atom. The van der Waals surface area contributed by atoms with Crippen LogP contribution in [0.25, 0.3) is 11.3 Å². The molecular weight excluding hydrogens is 612 g/mol. The highest BCUT2D eigenvalue weighted by Crippen LogP contribution is 2.27. The predicted molar refractivity (Wildman–Crippen MR) is 184 cm³/mol. The topological polar surface area (TPSA) is 122 Å². The minimum Gasteiger partial charge on any atom is -0.460 e. The Balaban J connectivity index is 1.24. The number of nitrogens with one attached hydrogen (secondary N) is 4. The number of rotatable bonds is 13. The minimum atomic E-state index is -0.345. The molecule has 0 radical (unpaired) electrons. The van der Waals surface area contributed by atoms with Gasteiger partial charge in [-0.1, -0.05) is 53.6 Å². The SMILES string of the molecule is Cc1ccc(C(C)NCc2ccc(-c3ccc(Cl)c(C(=O)NC(CNCC(=O)N4CCNCC4)Cc4ccc(C#N)cc4)c3)o2)cc1. The van der Waals surface area contributed by atoms with E-state index in [0.29, 0.717) is 54.5 Å². The van der Waals surface area contributed by atoms with Crippen LogP contribution in [-0.2, 0) is 17.8 Å². The summed E-state index contributed by atoms with van der Waals surface area (Å²) in [7, 11) is 0. The summed E-state index contributed by atoms with van der Waals surface area (Å²) in [5.41, 5.74) is 5.02. The van der Waals surface area contributed by atoms with Crippen LogP contribution in [-0.4, -0.2) is 62.0 Å². The lowest BCUT2D eigenvalue weighted by molar-refractivity contribution is -0.130. The number of benzene rings is 3. The average molecular weight is 653 g/mol. The summed E-state index contributed by atoms with van der Waals surface area (Å²) in [5, 5.41) is 22.6. The number of carbonyl (C=O) groups is 2. The summed E-state index contributed by atoms with van der Waals surface area (Å²) >= 11 is 6.54. The quantitative estimate of drug-likeness (QED) is 0.160. The van der Waals surface area contributed by atoms with Gasteiger partial charge in [0.2, 0.25) is 5.91 Å². The Bertz CT molecular complexity index is 1690. The largest absolute Gasteiger partial charge is 0.460 e. The summed E-state index contributed by atoms with van der Waals surface area (Å²) in [4.78, 5) is 28.2. The summed E-state index contributed by atoms with van der Waals surface area (Å²) in [6, 6.07) is 26.8. The lowest BCUT2D eigenvalue weighted by Crippen LogP contribution is -2.50. The number of halogens is 1. The van der Waals surface area contributed by atoms with E-state index in [9.17, 15) is 14.9 Å². The third-order valence-electron chi connectivity index (χ3n) is 8.35. The highest BCUT2D eigenvalue weighted by Gasteiger charge is 2.20. The number of carbonyl (C=O) groups excluding carboxylic acids is 2. The predicted octanol–water partition coefficient (Wildman–Crippen LogP) is 4.99. The van der Waals surface area contributed by atoms with Crippen LogP contribution in [0.2, 0.25) is 5.02 Å². The Morgan fingerprint density at radius 3 is 2.49 bits per heavy atom. The van der Waals surface area contributed by atoms with Crippen molar-refractivity contribution in [3.8, 4) is 17.4 Å². The van der Waals surface area contributed by atoms with E-state index in [1.54, 1.807) is 24.3 Å². The van der Waals surface area contributed by atoms with E-state index in [4.69, 9.17) is 16.0 Å². The van der Waals surface area contributed by atoms with Gasteiger partial charge in [0.15, 0.2) is 0 Å². The fraction of sp³-hybridized carbons (Fsp3) is 0.324. The molecule has 2 heterocycles. The van der Waals surface area contributed by atoms with Crippen LogP contribution < -0.4 is 21.3 Å². The van der Waals surface area contributed by atoms with E-state index in [2.05, 4.69) is 65.4 Å². The number of furan rings is 1. The van der Waals surface area contributed by atoms with E-state index in [-0.39, 0.29) is 30.4 Å². The van der Waals surface area contributed by atoms with Gasteiger partial charge in [0, 0.05) is 50.4 Å². The lowest BCUT2D eigenvalue weighted by Gasteiger charge is -2.28. The molecule has 1 aliphatic heterocycles. The number of piperazine rings is 1. The fourth-order valence-electron chi connectivity index (χ4n) is 5.52. The zero-order chi connectivity index (χ0) is 33.2. The van der Waals surface area contributed by atoms with Crippen LogP contribution in [0.4, 0.5) is 0 Å². The monoisotopic (exact) mass is 652 g/mol. The van der Waals surface area contributed by atoms with Crippen molar-refractivity contribution >= 4 is 23.4 Å². The van der Waals surface area contributed by atoms with Crippen molar-refractivity contribution in [1.82, 2.24) is 26.2 Å². The Morgan fingerprint density at radius 1 is 1.02 bits per heavy atom. The first kappa shape index (κ1) is 33.9. The van der Waals surface area contributed by atoms with E-state index in [1.165, 1.54) is 11.1 Å².